The molecule has 3 rings (SSSR count). The van der Waals surface area contributed by atoms with E-state index in [1.807, 2.05) is 73.0 Å². The molecule has 0 saturated carbocycles. The number of nitrogens with zero attached hydrogens (tertiary/aromatic N) is 3. The first-order chi connectivity index (χ1) is 13.1. The average Bonchev–Trinajstić information content (AvgIpc) is 3.16. The Hall–Kier alpha value is -2.80. The number of hydrogen-bond donors (Lipinski definition) is 1. The van der Waals surface area contributed by atoms with Crippen LogP contribution >= 0.6 is 11.8 Å². The van der Waals surface area contributed by atoms with Crippen molar-refractivity contribution in [2.75, 3.05) is 7.11 Å². The minimum Gasteiger partial charge on any atom is -0.496 e. The first kappa shape index (κ1) is 19.0. The van der Waals surface area contributed by atoms with Crippen LogP contribution in [-0.2, 0) is 4.79 Å². The van der Waals surface area contributed by atoms with E-state index in [9.17, 15) is 4.79 Å². The molecule has 0 fully saturated rings. The SMILES string of the molecule is COc1ccccc1C(C)NC(=O)C(C)Sc1nncn1-c1ccccc1. The molecule has 1 aromatic heterocycles. The van der Waals surface area contributed by atoms with E-state index in [1.54, 1.807) is 13.4 Å². The van der Waals surface area contributed by atoms with Crippen LogP contribution in [-0.4, -0.2) is 33.0 Å². The molecule has 0 aliphatic carbocycles. The molecule has 0 radical (unpaired) electrons. The third-order valence-electron chi connectivity index (χ3n) is 4.17. The van der Waals surface area contributed by atoms with Gasteiger partial charge in [-0.25, -0.2) is 0 Å². The summed E-state index contributed by atoms with van der Waals surface area (Å²) in [5.41, 5.74) is 1.90. The van der Waals surface area contributed by atoms with E-state index in [-0.39, 0.29) is 17.2 Å². The highest BCUT2D eigenvalue weighted by molar-refractivity contribution is 8.00. The van der Waals surface area contributed by atoms with Gasteiger partial charge in [0.2, 0.25) is 5.91 Å². The Labute approximate surface area is 163 Å². The van der Waals surface area contributed by atoms with Crippen molar-refractivity contribution in [3.63, 3.8) is 0 Å². The topological polar surface area (TPSA) is 69.0 Å². The van der Waals surface area contributed by atoms with Gasteiger partial charge in [0.1, 0.15) is 12.1 Å². The van der Waals surface area contributed by atoms with Crippen molar-refractivity contribution in [1.29, 1.82) is 0 Å². The van der Waals surface area contributed by atoms with E-state index in [2.05, 4.69) is 15.5 Å². The number of rotatable bonds is 7. The molecule has 2 unspecified atom stereocenters. The molecular weight excluding hydrogens is 360 g/mol. The number of carbonyl (C=O) groups excluding carboxylic acids is 1. The summed E-state index contributed by atoms with van der Waals surface area (Å²) in [5.74, 6) is 0.690. The Bertz CT molecular complexity index is 898. The first-order valence-corrected chi connectivity index (χ1v) is 9.53. The van der Waals surface area contributed by atoms with Crippen molar-refractivity contribution in [2.24, 2.45) is 0 Å². The predicted molar refractivity (Wildman–Crippen MR) is 106 cm³/mol. The van der Waals surface area contributed by atoms with E-state index < -0.39 is 0 Å². The molecule has 6 nitrogen and oxygen atoms in total. The summed E-state index contributed by atoms with van der Waals surface area (Å²) < 4.78 is 7.25. The smallest absolute Gasteiger partial charge is 0.233 e. The molecule has 27 heavy (non-hydrogen) atoms. The second-order valence-corrected chi connectivity index (χ2v) is 7.36. The fraction of sp³-hybridized carbons (Fsp3) is 0.250. The summed E-state index contributed by atoms with van der Waals surface area (Å²) in [4.78, 5) is 12.7. The van der Waals surface area contributed by atoms with Gasteiger partial charge < -0.3 is 10.1 Å². The van der Waals surface area contributed by atoms with Gasteiger partial charge in [-0.15, -0.1) is 10.2 Å². The Morgan fingerprint density at radius 1 is 1.11 bits per heavy atom. The van der Waals surface area contributed by atoms with E-state index in [4.69, 9.17) is 4.74 Å². The predicted octanol–water partition coefficient (Wildman–Crippen LogP) is 3.63. The lowest BCUT2D eigenvalue weighted by Crippen LogP contribution is -2.33. The maximum atomic E-state index is 12.7. The summed E-state index contributed by atoms with van der Waals surface area (Å²) in [7, 11) is 1.63. The van der Waals surface area contributed by atoms with E-state index >= 15 is 0 Å². The van der Waals surface area contributed by atoms with E-state index in [1.165, 1.54) is 11.8 Å². The minimum atomic E-state index is -0.325. The zero-order valence-corrected chi connectivity index (χ0v) is 16.3. The highest BCUT2D eigenvalue weighted by atomic mass is 32.2. The largest absolute Gasteiger partial charge is 0.496 e. The van der Waals surface area contributed by atoms with Crippen LogP contribution in [0.5, 0.6) is 5.75 Å². The zero-order valence-electron chi connectivity index (χ0n) is 15.5. The normalized spacial score (nSPS) is 13.0. The maximum absolute atomic E-state index is 12.7. The van der Waals surface area contributed by atoms with Gasteiger partial charge in [0.05, 0.1) is 18.4 Å². The zero-order chi connectivity index (χ0) is 19.2. The van der Waals surface area contributed by atoms with Crippen molar-refractivity contribution in [1.82, 2.24) is 20.1 Å². The molecule has 2 aromatic carbocycles. The lowest BCUT2D eigenvalue weighted by molar-refractivity contribution is -0.120. The maximum Gasteiger partial charge on any atom is 0.233 e. The summed E-state index contributed by atoms with van der Waals surface area (Å²) in [5, 5.41) is 11.5. The second-order valence-electron chi connectivity index (χ2n) is 6.05. The number of methoxy groups -OCH3 is 1. The van der Waals surface area contributed by atoms with Crippen LogP contribution in [0.2, 0.25) is 0 Å². The van der Waals surface area contributed by atoms with Gasteiger partial charge >= 0.3 is 0 Å². The molecular formula is C20H22N4O2S. The summed E-state index contributed by atoms with van der Waals surface area (Å²) >= 11 is 1.37. The van der Waals surface area contributed by atoms with Gasteiger partial charge in [0.25, 0.3) is 0 Å². The van der Waals surface area contributed by atoms with E-state index in [0.717, 1.165) is 17.0 Å². The molecule has 7 heteroatoms. The van der Waals surface area contributed by atoms with Gasteiger partial charge in [-0.2, -0.15) is 0 Å². The van der Waals surface area contributed by atoms with Crippen LogP contribution in [0.4, 0.5) is 0 Å². The molecule has 1 heterocycles. The molecule has 0 bridgehead atoms. The Balaban J connectivity index is 1.68. The number of nitrogens with one attached hydrogen (secondary N) is 1. The molecule has 0 saturated heterocycles. The number of amides is 1. The van der Waals surface area contributed by atoms with Crippen LogP contribution < -0.4 is 10.1 Å². The lowest BCUT2D eigenvalue weighted by atomic mass is 10.1. The standard InChI is InChI=1S/C20H22N4O2S/c1-14(17-11-7-8-12-18(17)26-3)22-19(25)15(2)27-20-23-21-13-24(20)16-9-5-4-6-10-16/h4-15H,1-3H3,(H,22,25). The highest BCUT2D eigenvalue weighted by Gasteiger charge is 2.21. The van der Waals surface area contributed by atoms with Gasteiger partial charge in [-0.1, -0.05) is 48.2 Å². The van der Waals surface area contributed by atoms with Gasteiger partial charge in [-0.05, 0) is 32.0 Å². The Kier molecular flexibility index (Phi) is 6.13. The third-order valence-corrected chi connectivity index (χ3v) is 5.22. The van der Waals surface area contributed by atoms with Crippen molar-refractivity contribution in [3.8, 4) is 11.4 Å². The Morgan fingerprint density at radius 2 is 1.81 bits per heavy atom. The Morgan fingerprint density at radius 3 is 2.56 bits per heavy atom. The number of ether oxygens (including phenoxy) is 1. The van der Waals surface area contributed by atoms with Crippen molar-refractivity contribution in [2.45, 2.75) is 30.3 Å². The fourth-order valence-electron chi connectivity index (χ4n) is 2.71. The molecule has 0 spiro atoms. The average molecular weight is 382 g/mol. The van der Waals surface area contributed by atoms with Crippen molar-refractivity contribution >= 4 is 17.7 Å². The summed E-state index contributed by atoms with van der Waals surface area (Å²) in [6.45, 7) is 3.80. The van der Waals surface area contributed by atoms with Gasteiger partial charge in [0, 0.05) is 11.3 Å². The quantitative estimate of drug-likeness (QED) is 0.632. The molecule has 1 amide bonds. The van der Waals surface area contributed by atoms with Crippen LogP contribution in [0.25, 0.3) is 5.69 Å². The van der Waals surface area contributed by atoms with E-state index in [0.29, 0.717) is 5.16 Å². The number of carbonyl (C=O) groups is 1. The van der Waals surface area contributed by atoms with Gasteiger partial charge in [-0.3, -0.25) is 9.36 Å². The lowest BCUT2D eigenvalue weighted by Gasteiger charge is -2.19. The van der Waals surface area contributed by atoms with Crippen LogP contribution in [0.15, 0.2) is 66.1 Å². The molecule has 3 aromatic rings. The fourth-order valence-corrected chi connectivity index (χ4v) is 3.57. The number of para-hydroxylation sites is 2. The monoisotopic (exact) mass is 382 g/mol. The third kappa shape index (κ3) is 4.49. The second kappa shape index (κ2) is 8.73. The highest BCUT2D eigenvalue weighted by Crippen LogP contribution is 2.27. The number of hydrogen-bond acceptors (Lipinski definition) is 5. The molecule has 1 N–H and O–H groups in total. The number of aromatic nitrogens is 3. The van der Waals surface area contributed by atoms with Crippen LogP contribution in [0.1, 0.15) is 25.5 Å². The number of thioether (sulfide) groups is 1. The molecule has 2 atom stereocenters. The molecule has 0 aliphatic rings. The summed E-state index contributed by atoms with van der Waals surface area (Å²) in [6.07, 6.45) is 1.65. The van der Waals surface area contributed by atoms with Crippen molar-refractivity contribution < 1.29 is 9.53 Å². The van der Waals surface area contributed by atoms with Crippen molar-refractivity contribution in [3.05, 3.63) is 66.5 Å². The van der Waals surface area contributed by atoms with Crippen LogP contribution in [0.3, 0.4) is 0 Å². The van der Waals surface area contributed by atoms with Crippen LogP contribution in [0, 0.1) is 0 Å². The molecule has 0 aliphatic heterocycles. The number of benzene rings is 2. The summed E-state index contributed by atoms with van der Waals surface area (Å²) in [6, 6.07) is 17.3. The van der Waals surface area contributed by atoms with Gasteiger partial charge in [0.15, 0.2) is 5.16 Å². The molecule has 140 valence electrons. The minimum absolute atomic E-state index is 0.0685. The first-order valence-electron chi connectivity index (χ1n) is 8.65.